The van der Waals surface area contributed by atoms with Gasteiger partial charge < -0.3 is 9.52 Å². The Hall–Kier alpha value is -5.42. The van der Waals surface area contributed by atoms with Gasteiger partial charge in [0, 0.05) is 38.9 Å². The predicted molar refractivity (Wildman–Crippen MR) is 156 cm³/mol. The zero-order valence-electron chi connectivity index (χ0n) is 20.7. The number of fused-ring (bicyclic) bond motifs is 6. The van der Waals surface area contributed by atoms with Gasteiger partial charge in [-0.2, -0.15) is 0 Å². The van der Waals surface area contributed by atoms with E-state index in [0.29, 0.717) is 11.4 Å². The molecule has 0 fully saturated rings. The second kappa shape index (κ2) is 8.30. The summed E-state index contributed by atoms with van der Waals surface area (Å²) in [4.78, 5) is 10.0. The molecular formula is C34H21N3O2. The lowest BCUT2D eigenvalue weighted by Crippen LogP contribution is -2.00. The van der Waals surface area contributed by atoms with Crippen LogP contribution in [0.2, 0.25) is 0 Å². The molecule has 0 spiro atoms. The number of aromatic nitrogens is 3. The Balaban J connectivity index is 1.47. The highest BCUT2D eigenvalue weighted by Crippen LogP contribution is 2.39. The first-order valence-corrected chi connectivity index (χ1v) is 12.8. The molecule has 5 heteroatoms. The molecule has 184 valence electrons. The molecule has 4 aromatic carbocycles. The number of para-hydroxylation sites is 3. The van der Waals surface area contributed by atoms with Crippen molar-refractivity contribution in [2.45, 2.75) is 0 Å². The zero-order valence-corrected chi connectivity index (χ0v) is 20.7. The molecule has 4 heterocycles. The van der Waals surface area contributed by atoms with Crippen molar-refractivity contribution in [3.05, 3.63) is 121 Å². The van der Waals surface area contributed by atoms with Crippen LogP contribution in [0.1, 0.15) is 0 Å². The largest absolute Gasteiger partial charge is 0.507 e. The van der Waals surface area contributed by atoms with E-state index in [2.05, 4.69) is 41.0 Å². The van der Waals surface area contributed by atoms with E-state index in [4.69, 9.17) is 14.4 Å². The van der Waals surface area contributed by atoms with E-state index >= 15 is 0 Å². The van der Waals surface area contributed by atoms with Crippen molar-refractivity contribution >= 4 is 43.9 Å². The number of hydrogen-bond acceptors (Lipinski definition) is 4. The number of pyridine rings is 2. The Kier molecular flexibility index (Phi) is 4.60. The van der Waals surface area contributed by atoms with E-state index in [-0.39, 0.29) is 5.75 Å². The van der Waals surface area contributed by atoms with Crippen molar-refractivity contribution in [1.29, 1.82) is 0 Å². The van der Waals surface area contributed by atoms with Crippen molar-refractivity contribution < 1.29 is 9.52 Å². The van der Waals surface area contributed by atoms with Gasteiger partial charge in [0.25, 0.3) is 0 Å². The van der Waals surface area contributed by atoms with Gasteiger partial charge >= 0.3 is 0 Å². The second-order valence-corrected chi connectivity index (χ2v) is 9.63. The Morgan fingerprint density at radius 1 is 0.641 bits per heavy atom. The summed E-state index contributed by atoms with van der Waals surface area (Å²) in [6.07, 6.45) is 1.81. The topological polar surface area (TPSA) is 64.1 Å². The van der Waals surface area contributed by atoms with Gasteiger partial charge in [-0.15, -0.1) is 0 Å². The summed E-state index contributed by atoms with van der Waals surface area (Å²) in [5, 5.41) is 14.7. The molecule has 0 saturated heterocycles. The highest BCUT2D eigenvalue weighted by molar-refractivity contribution is 6.12. The molecule has 0 aliphatic rings. The van der Waals surface area contributed by atoms with Gasteiger partial charge in [-0.05, 0) is 48.0 Å². The van der Waals surface area contributed by atoms with Gasteiger partial charge in [-0.3, -0.25) is 4.57 Å². The van der Waals surface area contributed by atoms with Crippen molar-refractivity contribution in [3.8, 4) is 34.0 Å². The first kappa shape index (κ1) is 21.6. The highest BCUT2D eigenvalue weighted by Gasteiger charge is 2.21. The van der Waals surface area contributed by atoms with E-state index in [9.17, 15) is 5.11 Å². The summed E-state index contributed by atoms with van der Waals surface area (Å²) in [6, 6.07) is 38.0. The molecule has 0 saturated carbocycles. The third-order valence-electron chi connectivity index (χ3n) is 7.36. The molecule has 1 N–H and O–H groups in total. The van der Waals surface area contributed by atoms with Crippen molar-refractivity contribution in [2.24, 2.45) is 0 Å². The molecule has 0 unspecified atom stereocenters. The molecule has 39 heavy (non-hydrogen) atoms. The van der Waals surface area contributed by atoms with Gasteiger partial charge in [-0.1, -0.05) is 72.8 Å². The van der Waals surface area contributed by atoms with Crippen LogP contribution >= 0.6 is 0 Å². The van der Waals surface area contributed by atoms with E-state index < -0.39 is 0 Å². The van der Waals surface area contributed by atoms with Crippen LogP contribution in [0.25, 0.3) is 72.1 Å². The van der Waals surface area contributed by atoms with Crippen LogP contribution in [-0.4, -0.2) is 19.6 Å². The fraction of sp³-hybridized carbons (Fsp3) is 0. The van der Waals surface area contributed by atoms with Crippen molar-refractivity contribution in [2.75, 3.05) is 0 Å². The number of nitrogens with zero attached hydrogens (tertiary/aromatic N) is 3. The first-order valence-electron chi connectivity index (χ1n) is 12.8. The Morgan fingerprint density at radius 3 is 2.33 bits per heavy atom. The minimum absolute atomic E-state index is 0.246. The van der Waals surface area contributed by atoms with Gasteiger partial charge in [0.2, 0.25) is 0 Å². The van der Waals surface area contributed by atoms with Crippen LogP contribution in [0.4, 0.5) is 0 Å². The number of benzene rings is 4. The summed E-state index contributed by atoms with van der Waals surface area (Å²) in [6.45, 7) is 0. The van der Waals surface area contributed by atoms with Crippen LogP contribution in [0.15, 0.2) is 126 Å². The Bertz CT molecular complexity index is 2150. The number of phenolic OH excluding ortho intramolecular Hbond substituents is 1. The molecule has 4 aromatic heterocycles. The average Bonchev–Trinajstić information content (AvgIpc) is 3.53. The molecule has 8 rings (SSSR count). The monoisotopic (exact) mass is 503 g/mol. The molecular weight excluding hydrogens is 482 g/mol. The molecule has 0 aliphatic carbocycles. The summed E-state index contributed by atoms with van der Waals surface area (Å²) < 4.78 is 8.56. The average molecular weight is 504 g/mol. The van der Waals surface area contributed by atoms with Crippen molar-refractivity contribution in [3.63, 3.8) is 0 Å². The van der Waals surface area contributed by atoms with E-state index in [1.165, 1.54) is 0 Å². The molecule has 0 amide bonds. The minimum atomic E-state index is 0.246. The van der Waals surface area contributed by atoms with Crippen LogP contribution in [0.5, 0.6) is 5.75 Å². The van der Waals surface area contributed by atoms with Gasteiger partial charge in [0.05, 0.1) is 11.2 Å². The second-order valence-electron chi connectivity index (χ2n) is 9.63. The standard InChI is InChI=1S/C34H21N3O2/c38-30-16-5-2-11-23(30)21-9-7-10-22(19-21)28-20-27-25-13-3-6-17-31(25)39-32(27)34(36-28)37-29-15-4-1-12-24(29)26-14-8-18-35-33(26)37/h1-20,38H. The number of hydrogen-bond donors (Lipinski definition) is 1. The fourth-order valence-electron chi connectivity index (χ4n) is 5.58. The zero-order chi connectivity index (χ0) is 25.9. The van der Waals surface area contributed by atoms with Gasteiger partial charge in [-0.25, -0.2) is 9.97 Å². The summed E-state index contributed by atoms with van der Waals surface area (Å²) >= 11 is 0. The maximum atomic E-state index is 10.5. The third-order valence-corrected chi connectivity index (χ3v) is 7.36. The van der Waals surface area contributed by atoms with Crippen LogP contribution < -0.4 is 0 Å². The van der Waals surface area contributed by atoms with E-state index in [1.807, 2.05) is 79.0 Å². The van der Waals surface area contributed by atoms with Gasteiger partial charge in [0.1, 0.15) is 17.0 Å². The van der Waals surface area contributed by atoms with Crippen LogP contribution in [0.3, 0.4) is 0 Å². The maximum absolute atomic E-state index is 10.5. The SMILES string of the molecule is Oc1ccccc1-c1cccc(-c2cc3c(oc4ccccc43)c(-n3c4ccccc4c4cccnc43)n2)c1. The lowest BCUT2D eigenvalue weighted by atomic mass is 10.00. The lowest BCUT2D eigenvalue weighted by Gasteiger charge is -2.11. The number of furan rings is 1. The highest BCUT2D eigenvalue weighted by atomic mass is 16.3. The summed E-state index contributed by atoms with van der Waals surface area (Å²) in [7, 11) is 0. The quantitative estimate of drug-likeness (QED) is 0.262. The third kappa shape index (κ3) is 3.27. The van der Waals surface area contributed by atoms with Crippen molar-refractivity contribution in [1.82, 2.24) is 14.5 Å². The number of rotatable bonds is 3. The van der Waals surface area contributed by atoms with Gasteiger partial charge in [0.15, 0.2) is 11.4 Å². The van der Waals surface area contributed by atoms with Crippen LogP contribution in [0, 0.1) is 0 Å². The summed E-state index contributed by atoms with van der Waals surface area (Å²) in [5.74, 6) is 0.937. The maximum Gasteiger partial charge on any atom is 0.183 e. The molecule has 5 nitrogen and oxygen atoms in total. The van der Waals surface area contributed by atoms with Crippen LogP contribution in [-0.2, 0) is 0 Å². The molecule has 0 bridgehead atoms. The predicted octanol–water partition coefficient (Wildman–Crippen LogP) is 8.51. The molecule has 8 aromatic rings. The smallest absolute Gasteiger partial charge is 0.183 e. The Morgan fingerprint density at radius 2 is 1.41 bits per heavy atom. The normalized spacial score (nSPS) is 11.7. The molecule has 0 aliphatic heterocycles. The molecule has 0 atom stereocenters. The first-order chi connectivity index (χ1) is 19.3. The van der Waals surface area contributed by atoms with E-state index in [1.54, 1.807) is 6.07 Å². The summed E-state index contributed by atoms with van der Waals surface area (Å²) in [5.41, 5.74) is 6.81. The lowest BCUT2D eigenvalue weighted by molar-refractivity contribution is 0.477. The fourth-order valence-corrected chi connectivity index (χ4v) is 5.58. The minimum Gasteiger partial charge on any atom is -0.507 e. The van der Waals surface area contributed by atoms with E-state index in [0.717, 1.165) is 60.7 Å². The number of phenols is 1. The number of aromatic hydroxyl groups is 1. The Labute approximate surface area is 223 Å². The molecule has 0 radical (unpaired) electrons.